The summed E-state index contributed by atoms with van der Waals surface area (Å²) in [7, 11) is 0. The second-order valence-corrected chi connectivity index (χ2v) is 3.42. The lowest BCUT2D eigenvalue weighted by atomic mass is 10.2. The number of nitrogens with zero attached hydrogens (tertiary/aromatic N) is 1. The van der Waals surface area contributed by atoms with Crippen LogP contribution in [0, 0.1) is 5.82 Å². The van der Waals surface area contributed by atoms with Crippen molar-refractivity contribution in [2.24, 2.45) is 0 Å². The molecule has 0 amide bonds. The Morgan fingerprint density at radius 2 is 2.07 bits per heavy atom. The molecule has 0 aliphatic rings. The number of halogens is 3. The molecule has 0 aliphatic carbocycles. The van der Waals surface area contributed by atoms with Gasteiger partial charge in [0, 0.05) is 0 Å². The van der Waals surface area contributed by atoms with Crippen molar-refractivity contribution in [1.29, 1.82) is 0 Å². The van der Waals surface area contributed by atoms with Crippen molar-refractivity contribution in [3.05, 3.63) is 38.3 Å². The molecule has 0 aliphatic heterocycles. The van der Waals surface area contributed by atoms with Gasteiger partial charge in [-0.1, -0.05) is 23.2 Å². The molecule has 0 fully saturated rings. The summed E-state index contributed by atoms with van der Waals surface area (Å²) in [5.41, 5.74) is -0.165. The lowest BCUT2D eigenvalue weighted by Gasteiger charge is -1.99. The third-order valence-corrected chi connectivity index (χ3v) is 2.31. The van der Waals surface area contributed by atoms with Crippen molar-refractivity contribution in [2.45, 2.75) is 0 Å². The molecule has 0 saturated heterocycles. The molecule has 1 aromatic carbocycles. The number of rotatable bonds is 0. The van der Waals surface area contributed by atoms with E-state index in [2.05, 4.69) is 10.2 Å². The second-order valence-electron chi connectivity index (χ2n) is 2.66. The van der Waals surface area contributed by atoms with Crippen LogP contribution in [0.15, 0.2) is 16.9 Å². The van der Waals surface area contributed by atoms with Gasteiger partial charge >= 0.3 is 0 Å². The minimum Gasteiger partial charge on any atom is -0.286 e. The highest BCUT2D eigenvalue weighted by Crippen LogP contribution is 2.19. The first kappa shape index (κ1) is 9.43. The van der Waals surface area contributed by atoms with Crippen LogP contribution in [-0.4, -0.2) is 10.2 Å². The minimum atomic E-state index is -0.660. The maximum Gasteiger partial charge on any atom is 0.227 e. The molecule has 14 heavy (non-hydrogen) atoms. The molecule has 1 aromatic heterocycles. The molecule has 0 atom stereocenters. The van der Waals surface area contributed by atoms with E-state index in [1.165, 1.54) is 6.07 Å². The molecule has 0 spiro atoms. The molecule has 0 saturated carbocycles. The van der Waals surface area contributed by atoms with Crippen molar-refractivity contribution < 1.29 is 4.39 Å². The Bertz CT molecular complexity index is 567. The molecule has 3 nitrogen and oxygen atoms in total. The summed E-state index contributed by atoms with van der Waals surface area (Å²) in [6.07, 6.45) is 0. The van der Waals surface area contributed by atoms with Crippen molar-refractivity contribution in [1.82, 2.24) is 10.2 Å². The summed E-state index contributed by atoms with van der Waals surface area (Å²) >= 11 is 11.0. The Balaban J connectivity index is 2.97. The monoisotopic (exact) mass is 232 g/mol. The Labute approximate surface area is 87.5 Å². The number of benzene rings is 1. The number of fused-ring (bicyclic) bond motifs is 1. The zero-order valence-corrected chi connectivity index (χ0v) is 8.16. The van der Waals surface area contributed by atoms with Crippen LogP contribution in [0.5, 0.6) is 0 Å². The molecule has 2 rings (SSSR count). The van der Waals surface area contributed by atoms with Crippen LogP contribution in [0.3, 0.4) is 0 Å². The fourth-order valence-corrected chi connectivity index (χ4v) is 1.41. The zero-order valence-electron chi connectivity index (χ0n) is 6.64. The van der Waals surface area contributed by atoms with Crippen LogP contribution in [-0.2, 0) is 0 Å². The Hall–Kier alpha value is -1.13. The van der Waals surface area contributed by atoms with E-state index in [1.807, 2.05) is 0 Å². The van der Waals surface area contributed by atoms with E-state index in [-0.39, 0.29) is 15.6 Å². The minimum absolute atomic E-state index is 0.0720. The zero-order chi connectivity index (χ0) is 10.3. The van der Waals surface area contributed by atoms with E-state index in [4.69, 9.17) is 23.2 Å². The lowest BCUT2D eigenvalue weighted by Crippen LogP contribution is -2.06. The maximum absolute atomic E-state index is 13.0. The van der Waals surface area contributed by atoms with Crippen molar-refractivity contribution in [3.63, 3.8) is 0 Å². The summed E-state index contributed by atoms with van der Waals surface area (Å²) in [6, 6.07) is 2.32. The summed E-state index contributed by atoms with van der Waals surface area (Å²) < 4.78 is 13.0. The van der Waals surface area contributed by atoms with Crippen LogP contribution in [0.25, 0.3) is 10.9 Å². The van der Waals surface area contributed by atoms with Crippen LogP contribution in [0.2, 0.25) is 10.2 Å². The van der Waals surface area contributed by atoms with Crippen LogP contribution in [0.4, 0.5) is 4.39 Å². The number of hydrogen-bond donors (Lipinski definition) is 1. The molecule has 1 N–H and O–H groups in total. The lowest BCUT2D eigenvalue weighted by molar-refractivity contribution is 0.630. The van der Waals surface area contributed by atoms with Gasteiger partial charge in [0.05, 0.1) is 15.9 Å². The van der Waals surface area contributed by atoms with Gasteiger partial charge in [0.15, 0.2) is 5.15 Å². The molecule has 2 aromatic rings. The summed E-state index contributed by atoms with van der Waals surface area (Å²) in [6.45, 7) is 0. The van der Waals surface area contributed by atoms with Crippen LogP contribution in [0.1, 0.15) is 0 Å². The first-order valence-electron chi connectivity index (χ1n) is 3.62. The van der Waals surface area contributed by atoms with Crippen molar-refractivity contribution in [2.75, 3.05) is 0 Å². The Morgan fingerprint density at radius 3 is 2.79 bits per heavy atom. The normalized spacial score (nSPS) is 10.8. The first-order valence-corrected chi connectivity index (χ1v) is 4.38. The van der Waals surface area contributed by atoms with Gasteiger partial charge in [0.2, 0.25) is 5.43 Å². The molecule has 1 heterocycles. The van der Waals surface area contributed by atoms with E-state index in [9.17, 15) is 9.18 Å². The number of hydrogen-bond acceptors (Lipinski definition) is 2. The molecule has 0 radical (unpaired) electrons. The average Bonchev–Trinajstić information content (AvgIpc) is 2.15. The Kier molecular flexibility index (Phi) is 2.17. The van der Waals surface area contributed by atoms with Gasteiger partial charge in [0.1, 0.15) is 5.82 Å². The number of nitrogens with one attached hydrogen (secondary N) is 1. The van der Waals surface area contributed by atoms with Gasteiger partial charge in [0.25, 0.3) is 0 Å². The number of aromatic nitrogens is 2. The van der Waals surface area contributed by atoms with Gasteiger partial charge < -0.3 is 0 Å². The molecular weight excluding hydrogens is 230 g/mol. The van der Waals surface area contributed by atoms with E-state index < -0.39 is 11.2 Å². The largest absolute Gasteiger partial charge is 0.286 e. The van der Waals surface area contributed by atoms with Crippen LogP contribution >= 0.6 is 23.2 Å². The number of H-pyrrole nitrogens is 1. The highest BCUT2D eigenvalue weighted by atomic mass is 35.5. The number of aromatic amines is 1. The van der Waals surface area contributed by atoms with Gasteiger partial charge in [-0.3, -0.25) is 9.89 Å². The Morgan fingerprint density at radius 1 is 1.36 bits per heavy atom. The van der Waals surface area contributed by atoms with Gasteiger partial charge in [-0.2, -0.15) is 5.10 Å². The third-order valence-electron chi connectivity index (χ3n) is 1.77. The highest BCUT2D eigenvalue weighted by Gasteiger charge is 2.08. The van der Waals surface area contributed by atoms with Gasteiger partial charge in [-0.05, 0) is 12.1 Å². The fourth-order valence-electron chi connectivity index (χ4n) is 1.10. The second kappa shape index (κ2) is 3.22. The average molecular weight is 233 g/mol. The van der Waals surface area contributed by atoms with Gasteiger partial charge in [-0.15, -0.1) is 0 Å². The topological polar surface area (TPSA) is 45.8 Å². The van der Waals surface area contributed by atoms with E-state index in [1.54, 1.807) is 0 Å². The molecule has 72 valence electrons. The summed E-state index contributed by atoms with van der Waals surface area (Å²) in [4.78, 5) is 11.4. The smallest absolute Gasteiger partial charge is 0.227 e. The van der Waals surface area contributed by atoms with Crippen molar-refractivity contribution in [3.8, 4) is 0 Å². The quantitative estimate of drug-likeness (QED) is 0.759. The SMILES string of the molecule is O=c1c(Cl)n[nH]c2cc(Cl)c(F)cc12. The third kappa shape index (κ3) is 1.36. The molecule has 6 heteroatoms. The fraction of sp³-hybridized carbons (Fsp3) is 0. The predicted octanol–water partition coefficient (Wildman–Crippen LogP) is 2.37. The predicted molar refractivity (Wildman–Crippen MR) is 52.3 cm³/mol. The van der Waals surface area contributed by atoms with Crippen LogP contribution < -0.4 is 5.43 Å². The first-order chi connectivity index (χ1) is 6.59. The standard InChI is InChI=1S/C8H3Cl2FN2O/c9-4-2-6-3(1-5(4)11)7(14)8(10)13-12-6/h1-2H,(H,12,14). The highest BCUT2D eigenvalue weighted by molar-refractivity contribution is 6.31. The van der Waals surface area contributed by atoms with E-state index in [0.29, 0.717) is 5.52 Å². The molecular formula is C8H3Cl2FN2O. The van der Waals surface area contributed by atoms with E-state index >= 15 is 0 Å². The summed E-state index contributed by atoms with van der Waals surface area (Å²) in [5.74, 6) is -0.660. The van der Waals surface area contributed by atoms with E-state index in [0.717, 1.165) is 6.07 Å². The maximum atomic E-state index is 13.0. The molecule has 0 unspecified atom stereocenters. The van der Waals surface area contributed by atoms with Crippen molar-refractivity contribution >= 4 is 34.1 Å². The summed E-state index contributed by atoms with van der Waals surface area (Å²) in [5, 5.41) is 5.86. The molecule has 0 bridgehead atoms. The van der Waals surface area contributed by atoms with Gasteiger partial charge in [-0.25, -0.2) is 4.39 Å².